The van der Waals surface area contributed by atoms with Gasteiger partial charge in [-0.3, -0.25) is 9.59 Å². The second-order valence-corrected chi connectivity index (χ2v) is 6.51. The summed E-state index contributed by atoms with van der Waals surface area (Å²) in [6.07, 6.45) is 8.19. The standard InChI is InChI=1S/C18H30O5/c1-2-3-4-8-14-15(17(21)12-16(14)20)11-10-13(19)7-5-6-9-18(22)23/h10-11,13-16,19-20H,2-9,12H2,1H3,(H,22,23)/b11-10+/t13-,14-,15+,16+/m0/s1. The third-order valence-corrected chi connectivity index (χ3v) is 4.56. The molecule has 5 heteroatoms. The van der Waals surface area contributed by atoms with Gasteiger partial charge in [0.2, 0.25) is 0 Å². The molecule has 1 saturated carbocycles. The van der Waals surface area contributed by atoms with E-state index in [0.29, 0.717) is 19.3 Å². The Labute approximate surface area is 138 Å². The second kappa shape index (κ2) is 10.6. The second-order valence-electron chi connectivity index (χ2n) is 6.51. The molecule has 0 aliphatic heterocycles. The monoisotopic (exact) mass is 326 g/mol. The van der Waals surface area contributed by atoms with Crippen molar-refractivity contribution >= 4 is 11.8 Å². The summed E-state index contributed by atoms with van der Waals surface area (Å²) in [7, 11) is 0. The van der Waals surface area contributed by atoms with E-state index in [4.69, 9.17) is 5.11 Å². The fraction of sp³-hybridized carbons (Fsp3) is 0.778. The number of allylic oxidation sites excluding steroid dienone is 1. The average Bonchev–Trinajstić information content (AvgIpc) is 2.75. The number of carbonyl (C=O) groups excluding carboxylic acids is 1. The maximum Gasteiger partial charge on any atom is 0.303 e. The number of carboxylic acids is 1. The molecule has 5 nitrogen and oxygen atoms in total. The van der Waals surface area contributed by atoms with E-state index in [9.17, 15) is 19.8 Å². The fourth-order valence-corrected chi connectivity index (χ4v) is 3.20. The fourth-order valence-electron chi connectivity index (χ4n) is 3.20. The minimum absolute atomic E-state index is 0.0375. The van der Waals surface area contributed by atoms with Crippen LogP contribution in [0, 0.1) is 11.8 Å². The number of aliphatic hydroxyl groups is 2. The molecule has 0 heterocycles. The highest BCUT2D eigenvalue weighted by molar-refractivity contribution is 5.85. The van der Waals surface area contributed by atoms with Crippen LogP contribution >= 0.6 is 0 Å². The molecular formula is C18H30O5. The number of hydrogen-bond donors (Lipinski definition) is 3. The Morgan fingerprint density at radius 1 is 1.30 bits per heavy atom. The molecule has 0 aromatic heterocycles. The lowest BCUT2D eigenvalue weighted by atomic mass is 9.88. The highest BCUT2D eigenvalue weighted by atomic mass is 16.4. The number of ketones is 1. The van der Waals surface area contributed by atoms with Crippen LogP contribution in [0.15, 0.2) is 12.2 Å². The molecule has 0 amide bonds. The van der Waals surface area contributed by atoms with Gasteiger partial charge in [0, 0.05) is 18.8 Å². The lowest BCUT2D eigenvalue weighted by molar-refractivity contribution is -0.137. The Morgan fingerprint density at radius 3 is 2.70 bits per heavy atom. The van der Waals surface area contributed by atoms with E-state index in [0.717, 1.165) is 25.7 Å². The molecule has 0 unspecified atom stereocenters. The van der Waals surface area contributed by atoms with Crippen LogP contribution in [0.3, 0.4) is 0 Å². The Balaban J connectivity index is 2.44. The third kappa shape index (κ3) is 7.27. The van der Waals surface area contributed by atoms with Crippen LogP contribution in [0.5, 0.6) is 0 Å². The van der Waals surface area contributed by atoms with Crippen molar-refractivity contribution in [2.45, 2.75) is 76.9 Å². The Bertz CT molecular complexity index is 404. The summed E-state index contributed by atoms with van der Waals surface area (Å²) in [5.74, 6) is -1.11. The largest absolute Gasteiger partial charge is 0.481 e. The van der Waals surface area contributed by atoms with Gasteiger partial charge in [0.15, 0.2) is 0 Å². The van der Waals surface area contributed by atoms with Gasteiger partial charge < -0.3 is 15.3 Å². The van der Waals surface area contributed by atoms with Gasteiger partial charge in [-0.2, -0.15) is 0 Å². The number of carbonyl (C=O) groups is 2. The van der Waals surface area contributed by atoms with E-state index in [2.05, 4.69) is 6.92 Å². The van der Waals surface area contributed by atoms with Gasteiger partial charge in [0.05, 0.1) is 12.2 Å². The van der Waals surface area contributed by atoms with Crippen molar-refractivity contribution in [3.63, 3.8) is 0 Å². The minimum Gasteiger partial charge on any atom is -0.481 e. The number of unbranched alkanes of at least 4 members (excludes halogenated alkanes) is 3. The normalized spacial score (nSPS) is 26.0. The third-order valence-electron chi connectivity index (χ3n) is 4.56. The van der Waals surface area contributed by atoms with Crippen molar-refractivity contribution < 1.29 is 24.9 Å². The summed E-state index contributed by atoms with van der Waals surface area (Å²) >= 11 is 0. The summed E-state index contributed by atoms with van der Waals surface area (Å²) in [4.78, 5) is 22.4. The predicted molar refractivity (Wildman–Crippen MR) is 88.0 cm³/mol. The van der Waals surface area contributed by atoms with E-state index < -0.39 is 18.2 Å². The number of hydrogen-bond acceptors (Lipinski definition) is 4. The molecule has 23 heavy (non-hydrogen) atoms. The molecule has 1 aliphatic rings. The van der Waals surface area contributed by atoms with Crippen LogP contribution in [0.4, 0.5) is 0 Å². The molecule has 0 radical (unpaired) electrons. The summed E-state index contributed by atoms with van der Waals surface area (Å²) < 4.78 is 0. The van der Waals surface area contributed by atoms with Gasteiger partial charge in [-0.15, -0.1) is 0 Å². The van der Waals surface area contributed by atoms with E-state index in [1.165, 1.54) is 0 Å². The van der Waals surface area contributed by atoms with Crippen molar-refractivity contribution in [3.8, 4) is 0 Å². The number of aliphatic hydroxyl groups excluding tert-OH is 2. The summed E-state index contributed by atoms with van der Waals surface area (Å²) in [5.41, 5.74) is 0. The van der Waals surface area contributed by atoms with Crippen molar-refractivity contribution in [3.05, 3.63) is 12.2 Å². The van der Waals surface area contributed by atoms with E-state index in [-0.39, 0.29) is 30.5 Å². The van der Waals surface area contributed by atoms with Gasteiger partial charge >= 0.3 is 5.97 Å². The first-order valence-corrected chi connectivity index (χ1v) is 8.74. The van der Waals surface area contributed by atoms with Crippen molar-refractivity contribution in [1.29, 1.82) is 0 Å². The lowest BCUT2D eigenvalue weighted by Crippen LogP contribution is -2.19. The summed E-state index contributed by atoms with van der Waals surface area (Å²) in [6, 6.07) is 0. The Hall–Kier alpha value is -1.20. The molecule has 1 rings (SSSR count). The molecule has 132 valence electrons. The molecule has 0 bridgehead atoms. The maximum absolute atomic E-state index is 12.0. The quantitative estimate of drug-likeness (QED) is 0.401. The molecule has 0 aromatic carbocycles. The van der Waals surface area contributed by atoms with Gasteiger partial charge in [-0.25, -0.2) is 0 Å². The zero-order valence-corrected chi connectivity index (χ0v) is 14.0. The molecule has 0 aromatic rings. The number of carboxylic acid groups (broad SMARTS) is 1. The molecule has 1 aliphatic carbocycles. The first-order chi connectivity index (χ1) is 11.0. The van der Waals surface area contributed by atoms with E-state index in [1.807, 2.05) is 0 Å². The SMILES string of the molecule is CCCCC[C@@H]1[C@H](O)CC(=O)[C@@H]1/C=C/[C@@H](O)CCCCC(=O)O. The lowest BCUT2D eigenvalue weighted by Gasteiger charge is -2.18. The predicted octanol–water partition coefficient (Wildman–Crippen LogP) is 2.69. The van der Waals surface area contributed by atoms with Gasteiger partial charge in [0.1, 0.15) is 5.78 Å². The van der Waals surface area contributed by atoms with Gasteiger partial charge in [0.25, 0.3) is 0 Å². The van der Waals surface area contributed by atoms with Crippen LogP contribution in [-0.4, -0.2) is 39.3 Å². The molecule has 1 fully saturated rings. The van der Waals surface area contributed by atoms with Crippen molar-refractivity contribution in [2.75, 3.05) is 0 Å². The number of Topliss-reactive ketones (excluding diaryl/α,β-unsaturated/α-hetero) is 1. The van der Waals surface area contributed by atoms with E-state index >= 15 is 0 Å². The van der Waals surface area contributed by atoms with Crippen LogP contribution in [0.1, 0.15) is 64.7 Å². The summed E-state index contributed by atoms with van der Waals surface area (Å²) in [6.45, 7) is 2.12. The zero-order valence-electron chi connectivity index (χ0n) is 14.0. The first kappa shape index (κ1) is 19.8. The average molecular weight is 326 g/mol. The van der Waals surface area contributed by atoms with Crippen LogP contribution in [0.25, 0.3) is 0 Å². The van der Waals surface area contributed by atoms with Crippen LogP contribution in [-0.2, 0) is 9.59 Å². The Morgan fingerprint density at radius 2 is 2.04 bits per heavy atom. The Kier molecular flexibility index (Phi) is 9.10. The van der Waals surface area contributed by atoms with Gasteiger partial charge in [-0.05, 0) is 31.6 Å². The minimum atomic E-state index is -0.824. The smallest absolute Gasteiger partial charge is 0.303 e. The topological polar surface area (TPSA) is 94.8 Å². The molecule has 0 spiro atoms. The molecular weight excluding hydrogens is 296 g/mol. The highest BCUT2D eigenvalue weighted by Gasteiger charge is 2.39. The van der Waals surface area contributed by atoms with Crippen LogP contribution < -0.4 is 0 Å². The van der Waals surface area contributed by atoms with Gasteiger partial charge in [-0.1, -0.05) is 38.3 Å². The first-order valence-electron chi connectivity index (χ1n) is 8.74. The molecule has 0 saturated heterocycles. The highest BCUT2D eigenvalue weighted by Crippen LogP contribution is 2.34. The molecule has 3 N–H and O–H groups in total. The maximum atomic E-state index is 12.0. The zero-order chi connectivity index (χ0) is 17.2. The van der Waals surface area contributed by atoms with Crippen molar-refractivity contribution in [2.24, 2.45) is 11.8 Å². The van der Waals surface area contributed by atoms with E-state index in [1.54, 1.807) is 12.2 Å². The number of rotatable bonds is 11. The molecule has 4 atom stereocenters. The van der Waals surface area contributed by atoms with Crippen LogP contribution in [0.2, 0.25) is 0 Å². The summed E-state index contributed by atoms with van der Waals surface area (Å²) in [5, 5.41) is 28.5. The van der Waals surface area contributed by atoms with Crippen molar-refractivity contribution in [1.82, 2.24) is 0 Å². The number of aliphatic carboxylic acids is 1.